The van der Waals surface area contributed by atoms with Crippen LogP contribution in [0, 0.1) is 6.92 Å². The number of thioether (sulfide) groups is 1. The highest BCUT2D eigenvalue weighted by molar-refractivity contribution is 7.98. The molecule has 0 atom stereocenters. The lowest BCUT2D eigenvalue weighted by Gasteiger charge is -2.10. The normalized spacial score (nSPS) is 10.7. The Balaban J connectivity index is 2.61. The fourth-order valence-corrected chi connectivity index (χ4v) is 2.48. The van der Waals surface area contributed by atoms with Crippen molar-refractivity contribution in [3.05, 3.63) is 23.8 Å². The average molecular weight is 263 g/mol. The van der Waals surface area contributed by atoms with E-state index in [9.17, 15) is 0 Å². The summed E-state index contributed by atoms with van der Waals surface area (Å²) in [5.74, 6) is 1.46. The number of aromatic nitrogens is 2. The van der Waals surface area contributed by atoms with Gasteiger partial charge in [0.05, 0.1) is 12.8 Å². The molecule has 0 bridgehead atoms. The minimum Gasteiger partial charge on any atom is -0.496 e. The van der Waals surface area contributed by atoms with E-state index < -0.39 is 0 Å². The van der Waals surface area contributed by atoms with Crippen molar-refractivity contribution in [1.29, 1.82) is 0 Å². The third-order valence-electron chi connectivity index (χ3n) is 2.91. The first-order valence-electron chi connectivity index (χ1n) is 5.59. The minimum absolute atomic E-state index is 0.637. The van der Waals surface area contributed by atoms with E-state index in [2.05, 4.69) is 24.3 Å². The van der Waals surface area contributed by atoms with E-state index in [-0.39, 0.29) is 0 Å². The molecule has 0 aliphatic heterocycles. The zero-order valence-electron chi connectivity index (χ0n) is 11.0. The first-order chi connectivity index (χ1) is 8.56. The van der Waals surface area contributed by atoms with Gasteiger partial charge in [0.1, 0.15) is 11.6 Å². The second-order valence-corrected chi connectivity index (χ2v) is 4.95. The van der Waals surface area contributed by atoms with Crippen molar-refractivity contribution >= 4 is 17.6 Å². The van der Waals surface area contributed by atoms with Crippen LogP contribution in [0.15, 0.2) is 23.1 Å². The Morgan fingerprint density at radius 2 is 2.06 bits per heavy atom. The van der Waals surface area contributed by atoms with Crippen LogP contribution in [0.4, 0.5) is 5.82 Å². The van der Waals surface area contributed by atoms with E-state index >= 15 is 0 Å². The minimum atomic E-state index is 0.637. The second-order valence-electron chi connectivity index (χ2n) is 4.10. The van der Waals surface area contributed by atoms with Gasteiger partial charge in [0.25, 0.3) is 0 Å². The summed E-state index contributed by atoms with van der Waals surface area (Å²) in [6, 6.07) is 5.99. The summed E-state index contributed by atoms with van der Waals surface area (Å²) in [6.07, 6.45) is 2.06. The van der Waals surface area contributed by atoms with Crippen molar-refractivity contribution < 1.29 is 4.74 Å². The number of anilines is 1. The zero-order valence-corrected chi connectivity index (χ0v) is 11.8. The summed E-state index contributed by atoms with van der Waals surface area (Å²) in [5.41, 5.74) is 8.83. The molecule has 0 radical (unpaired) electrons. The number of nitrogens with zero attached hydrogens (tertiary/aromatic N) is 2. The zero-order chi connectivity index (χ0) is 13.3. The molecule has 0 unspecified atom stereocenters. The standard InChI is InChI=1S/C13H17N3OS/c1-8-5-11(17-3)9(6-12(8)18-4)10-7-13(14)16(2)15-10/h5-7H,14H2,1-4H3. The van der Waals surface area contributed by atoms with Gasteiger partial charge in [0.15, 0.2) is 0 Å². The van der Waals surface area contributed by atoms with Crippen molar-refractivity contribution in [3.8, 4) is 17.0 Å². The largest absolute Gasteiger partial charge is 0.496 e. The van der Waals surface area contributed by atoms with Gasteiger partial charge in [-0.3, -0.25) is 4.68 Å². The third-order valence-corrected chi connectivity index (χ3v) is 3.79. The van der Waals surface area contributed by atoms with Crippen molar-refractivity contribution in [2.24, 2.45) is 7.05 Å². The van der Waals surface area contributed by atoms with Crippen LogP contribution < -0.4 is 10.5 Å². The van der Waals surface area contributed by atoms with Gasteiger partial charge in [-0.25, -0.2) is 0 Å². The fraction of sp³-hybridized carbons (Fsp3) is 0.308. The molecule has 0 saturated carbocycles. The van der Waals surface area contributed by atoms with Crippen molar-refractivity contribution in [3.63, 3.8) is 0 Å². The van der Waals surface area contributed by atoms with Crippen LogP contribution in [0.25, 0.3) is 11.3 Å². The molecule has 4 nitrogen and oxygen atoms in total. The summed E-state index contributed by atoms with van der Waals surface area (Å²) in [4.78, 5) is 1.22. The molecule has 2 aromatic rings. The number of hydrogen-bond donors (Lipinski definition) is 1. The molecule has 0 saturated heterocycles. The SMILES string of the molecule is COc1cc(C)c(SC)cc1-c1cc(N)n(C)n1. The smallest absolute Gasteiger partial charge is 0.128 e. The van der Waals surface area contributed by atoms with Crippen LogP contribution in [-0.4, -0.2) is 23.1 Å². The maximum Gasteiger partial charge on any atom is 0.128 e. The summed E-state index contributed by atoms with van der Waals surface area (Å²) in [5, 5.41) is 4.40. The number of aryl methyl sites for hydroxylation is 2. The van der Waals surface area contributed by atoms with Crippen LogP contribution >= 0.6 is 11.8 Å². The summed E-state index contributed by atoms with van der Waals surface area (Å²) in [6.45, 7) is 2.07. The molecule has 1 aromatic carbocycles. The van der Waals surface area contributed by atoms with Crippen LogP contribution in [-0.2, 0) is 7.05 Å². The monoisotopic (exact) mass is 263 g/mol. The van der Waals surface area contributed by atoms with Crippen LogP contribution in [0.1, 0.15) is 5.56 Å². The Kier molecular flexibility index (Phi) is 3.52. The Morgan fingerprint density at radius 3 is 2.56 bits per heavy atom. The van der Waals surface area contributed by atoms with E-state index in [0.29, 0.717) is 5.82 Å². The van der Waals surface area contributed by atoms with E-state index in [0.717, 1.165) is 17.0 Å². The lowest BCUT2D eigenvalue weighted by atomic mass is 10.1. The van der Waals surface area contributed by atoms with Gasteiger partial charge >= 0.3 is 0 Å². The number of ether oxygens (including phenoxy) is 1. The van der Waals surface area contributed by atoms with E-state index in [4.69, 9.17) is 10.5 Å². The fourth-order valence-electron chi connectivity index (χ4n) is 1.86. The number of hydrogen-bond acceptors (Lipinski definition) is 4. The van der Waals surface area contributed by atoms with Crippen molar-refractivity contribution in [2.75, 3.05) is 19.1 Å². The average Bonchev–Trinajstić information content (AvgIpc) is 2.69. The van der Waals surface area contributed by atoms with Crippen LogP contribution in [0.5, 0.6) is 5.75 Å². The molecule has 2 N–H and O–H groups in total. The number of benzene rings is 1. The molecule has 1 heterocycles. The Bertz CT molecular complexity index is 558. The highest BCUT2D eigenvalue weighted by atomic mass is 32.2. The molecular weight excluding hydrogens is 246 g/mol. The highest BCUT2D eigenvalue weighted by Gasteiger charge is 2.13. The molecule has 0 spiro atoms. The van der Waals surface area contributed by atoms with Crippen molar-refractivity contribution in [2.45, 2.75) is 11.8 Å². The number of methoxy groups -OCH3 is 1. The Morgan fingerprint density at radius 1 is 1.33 bits per heavy atom. The molecule has 2 rings (SSSR count). The predicted octanol–water partition coefficient (Wildman–Crippen LogP) is 2.71. The molecule has 0 aliphatic rings. The Labute approximate surface area is 111 Å². The lowest BCUT2D eigenvalue weighted by molar-refractivity contribution is 0.415. The van der Waals surface area contributed by atoms with Crippen LogP contribution in [0.3, 0.4) is 0 Å². The van der Waals surface area contributed by atoms with Gasteiger partial charge in [-0.2, -0.15) is 5.10 Å². The van der Waals surface area contributed by atoms with Gasteiger partial charge in [-0.05, 0) is 30.9 Å². The van der Waals surface area contributed by atoms with Gasteiger partial charge in [-0.15, -0.1) is 11.8 Å². The Hall–Kier alpha value is -1.62. The third kappa shape index (κ3) is 2.18. The molecule has 18 heavy (non-hydrogen) atoms. The van der Waals surface area contributed by atoms with E-state index in [1.54, 1.807) is 23.6 Å². The number of nitrogen functional groups attached to an aromatic ring is 1. The van der Waals surface area contributed by atoms with Gasteiger partial charge in [-0.1, -0.05) is 0 Å². The van der Waals surface area contributed by atoms with E-state index in [1.165, 1.54) is 10.5 Å². The maximum atomic E-state index is 5.82. The predicted molar refractivity (Wildman–Crippen MR) is 76.1 cm³/mol. The number of rotatable bonds is 3. The first-order valence-corrected chi connectivity index (χ1v) is 6.81. The topological polar surface area (TPSA) is 53.1 Å². The molecular formula is C13H17N3OS. The first kappa shape index (κ1) is 12.8. The highest BCUT2D eigenvalue weighted by Crippen LogP contribution is 2.35. The molecule has 0 aliphatic carbocycles. The van der Waals surface area contributed by atoms with Gasteiger partial charge < -0.3 is 10.5 Å². The summed E-state index contributed by atoms with van der Waals surface area (Å²) >= 11 is 1.71. The molecule has 0 fully saturated rings. The number of nitrogens with two attached hydrogens (primary N) is 1. The van der Waals surface area contributed by atoms with Crippen molar-refractivity contribution in [1.82, 2.24) is 9.78 Å². The summed E-state index contributed by atoms with van der Waals surface area (Å²) in [7, 11) is 3.50. The molecule has 0 amide bonds. The maximum absolute atomic E-state index is 5.82. The van der Waals surface area contributed by atoms with Crippen LogP contribution in [0.2, 0.25) is 0 Å². The molecule has 96 valence electrons. The molecule has 1 aromatic heterocycles. The van der Waals surface area contributed by atoms with Gasteiger partial charge in [0, 0.05) is 23.6 Å². The quantitative estimate of drug-likeness (QED) is 0.865. The summed E-state index contributed by atoms with van der Waals surface area (Å²) < 4.78 is 7.09. The lowest BCUT2D eigenvalue weighted by Crippen LogP contribution is -1.97. The second kappa shape index (κ2) is 4.94. The van der Waals surface area contributed by atoms with E-state index in [1.807, 2.05) is 19.2 Å². The molecule has 5 heteroatoms. The van der Waals surface area contributed by atoms with Gasteiger partial charge in [0.2, 0.25) is 0 Å².